The Bertz CT molecular complexity index is 1330. The maximum absolute atomic E-state index is 13.9. The van der Waals surface area contributed by atoms with Crippen molar-refractivity contribution >= 4 is 28.9 Å². The molecule has 176 valence electrons. The molecule has 8 heteroatoms. The van der Waals surface area contributed by atoms with E-state index >= 15 is 0 Å². The Morgan fingerprint density at radius 2 is 1.80 bits per heavy atom. The van der Waals surface area contributed by atoms with Crippen molar-refractivity contribution in [2.24, 2.45) is 0 Å². The molecule has 2 aromatic heterocycles. The number of nitrogens with one attached hydrogen (secondary N) is 2. The molecule has 0 radical (unpaired) electrons. The highest BCUT2D eigenvalue weighted by molar-refractivity contribution is 7.80. The quantitative estimate of drug-likeness (QED) is 0.337. The first-order valence-corrected chi connectivity index (χ1v) is 11.7. The lowest BCUT2D eigenvalue weighted by Gasteiger charge is -2.25. The molecule has 1 amide bonds. The van der Waals surface area contributed by atoms with Gasteiger partial charge in [0, 0.05) is 24.7 Å². The van der Waals surface area contributed by atoms with Crippen LogP contribution in [0, 0.1) is 5.82 Å². The number of thiocarbonyl (C=S) groups is 1. The lowest BCUT2D eigenvalue weighted by Crippen LogP contribution is -2.32. The SMILES string of the molecule is O=C(CCN1C(=S)N[C@@H](c2ccccn2)[C@H]1c1ccc(-c2ccccc2)o1)Nc1ccccc1F. The van der Waals surface area contributed by atoms with Crippen molar-refractivity contribution in [2.75, 3.05) is 11.9 Å². The molecule has 0 bridgehead atoms. The number of benzene rings is 2. The van der Waals surface area contributed by atoms with Crippen LogP contribution in [0.2, 0.25) is 0 Å². The molecule has 0 saturated carbocycles. The largest absolute Gasteiger partial charge is 0.459 e. The molecule has 2 atom stereocenters. The van der Waals surface area contributed by atoms with Crippen LogP contribution in [0.15, 0.2) is 95.5 Å². The first-order valence-electron chi connectivity index (χ1n) is 11.3. The van der Waals surface area contributed by atoms with Crippen LogP contribution in [0.3, 0.4) is 0 Å². The van der Waals surface area contributed by atoms with Gasteiger partial charge in [0.1, 0.15) is 23.4 Å². The monoisotopic (exact) mass is 486 g/mol. The van der Waals surface area contributed by atoms with Gasteiger partial charge in [0.2, 0.25) is 5.91 Å². The van der Waals surface area contributed by atoms with E-state index in [0.717, 1.165) is 17.0 Å². The van der Waals surface area contributed by atoms with Crippen LogP contribution in [0.5, 0.6) is 0 Å². The summed E-state index contributed by atoms with van der Waals surface area (Å²) in [4.78, 5) is 19.1. The van der Waals surface area contributed by atoms with E-state index in [1.165, 1.54) is 12.1 Å². The van der Waals surface area contributed by atoms with Crippen molar-refractivity contribution in [3.05, 3.63) is 108 Å². The van der Waals surface area contributed by atoms with Gasteiger partial charge in [-0.25, -0.2) is 4.39 Å². The zero-order valence-electron chi connectivity index (χ0n) is 18.7. The number of amides is 1. The fraction of sp³-hybridized carbons (Fsp3) is 0.148. The van der Waals surface area contributed by atoms with Crippen LogP contribution >= 0.6 is 12.2 Å². The van der Waals surface area contributed by atoms with Crippen molar-refractivity contribution in [2.45, 2.75) is 18.5 Å². The molecular formula is C27H23FN4O2S. The summed E-state index contributed by atoms with van der Waals surface area (Å²) >= 11 is 5.65. The third-order valence-corrected chi connectivity index (χ3v) is 6.25. The van der Waals surface area contributed by atoms with Gasteiger partial charge in [-0.3, -0.25) is 9.78 Å². The van der Waals surface area contributed by atoms with Crippen LogP contribution in [-0.2, 0) is 4.79 Å². The van der Waals surface area contributed by atoms with E-state index in [-0.39, 0.29) is 30.1 Å². The van der Waals surface area contributed by atoms with E-state index in [0.29, 0.717) is 17.4 Å². The maximum Gasteiger partial charge on any atom is 0.226 e. The van der Waals surface area contributed by atoms with E-state index in [2.05, 4.69) is 15.6 Å². The van der Waals surface area contributed by atoms with E-state index < -0.39 is 5.82 Å². The summed E-state index contributed by atoms with van der Waals surface area (Å²) in [6, 6.07) is 25.0. The lowest BCUT2D eigenvalue weighted by atomic mass is 10.0. The predicted molar refractivity (Wildman–Crippen MR) is 136 cm³/mol. The first-order chi connectivity index (χ1) is 17.1. The third-order valence-electron chi connectivity index (χ3n) is 5.90. The molecule has 1 aliphatic heterocycles. The molecule has 1 saturated heterocycles. The Kier molecular flexibility index (Phi) is 6.54. The van der Waals surface area contributed by atoms with Crippen LogP contribution in [-0.4, -0.2) is 27.4 Å². The lowest BCUT2D eigenvalue weighted by molar-refractivity contribution is -0.116. The van der Waals surface area contributed by atoms with E-state index in [1.54, 1.807) is 18.3 Å². The van der Waals surface area contributed by atoms with Crippen LogP contribution in [0.1, 0.15) is 30.0 Å². The standard InChI is InChI=1S/C27H23FN4O2S/c28-19-10-4-5-11-20(19)30-24(33)15-17-32-26(25(31-27(32)35)21-12-6-7-16-29-21)23-14-13-22(34-23)18-8-2-1-3-9-18/h1-14,16,25-26H,15,17H2,(H,30,33)(H,31,35)/t25-,26+/m0/s1. The number of aromatic nitrogens is 1. The number of hydrogen-bond donors (Lipinski definition) is 2. The Hall–Kier alpha value is -4.04. The first kappa shape index (κ1) is 22.7. The van der Waals surface area contributed by atoms with Crippen LogP contribution in [0.25, 0.3) is 11.3 Å². The average Bonchev–Trinajstić information content (AvgIpc) is 3.50. The van der Waals surface area contributed by atoms with Gasteiger partial charge in [-0.05, 0) is 48.6 Å². The molecule has 0 unspecified atom stereocenters. The Balaban J connectivity index is 1.39. The summed E-state index contributed by atoms with van der Waals surface area (Å²) in [7, 11) is 0. The fourth-order valence-corrected chi connectivity index (χ4v) is 4.55. The van der Waals surface area contributed by atoms with Crippen molar-refractivity contribution in [3.8, 4) is 11.3 Å². The van der Waals surface area contributed by atoms with Crippen molar-refractivity contribution in [3.63, 3.8) is 0 Å². The number of hydrogen-bond acceptors (Lipinski definition) is 4. The number of nitrogens with zero attached hydrogens (tertiary/aromatic N) is 2. The number of pyridine rings is 1. The molecule has 4 aromatic rings. The molecule has 1 fully saturated rings. The van der Waals surface area contributed by atoms with Gasteiger partial charge >= 0.3 is 0 Å². The van der Waals surface area contributed by atoms with Gasteiger partial charge < -0.3 is 20.0 Å². The second-order valence-corrected chi connectivity index (χ2v) is 8.55. The number of carbonyl (C=O) groups is 1. The second kappa shape index (κ2) is 10.1. The van der Waals surface area contributed by atoms with Gasteiger partial charge in [0.25, 0.3) is 0 Å². The van der Waals surface area contributed by atoms with Gasteiger partial charge in [-0.1, -0.05) is 48.5 Å². The number of halogens is 1. The van der Waals surface area contributed by atoms with Gasteiger partial charge in [0.05, 0.1) is 17.4 Å². The minimum atomic E-state index is -0.476. The highest BCUT2D eigenvalue weighted by Gasteiger charge is 2.41. The third kappa shape index (κ3) is 4.93. The Morgan fingerprint density at radius 3 is 2.57 bits per heavy atom. The van der Waals surface area contributed by atoms with E-state index in [9.17, 15) is 9.18 Å². The minimum Gasteiger partial charge on any atom is -0.459 e. The van der Waals surface area contributed by atoms with Crippen molar-refractivity contribution in [1.82, 2.24) is 15.2 Å². The molecule has 6 nitrogen and oxygen atoms in total. The number of rotatable bonds is 7. The number of furan rings is 1. The second-order valence-electron chi connectivity index (χ2n) is 8.17. The number of para-hydroxylation sites is 1. The minimum absolute atomic E-state index is 0.119. The van der Waals surface area contributed by atoms with Crippen LogP contribution < -0.4 is 10.6 Å². The van der Waals surface area contributed by atoms with Crippen molar-refractivity contribution < 1.29 is 13.6 Å². The summed E-state index contributed by atoms with van der Waals surface area (Å²) in [5, 5.41) is 6.48. The predicted octanol–water partition coefficient (Wildman–Crippen LogP) is 5.48. The molecule has 3 heterocycles. The van der Waals surface area contributed by atoms with Gasteiger partial charge in [-0.2, -0.15) is 0 Å². The van der Waals surface area contributed by atoms with Gasteiger partial charge in [0.15, 0.2) is 5.11 Å². The summed E-state index contributed by atoms with van der Waals surface area (Å²) in [5.41, 5.74) is 1.94. The summed E-state index contributed by atoms with van der Waals surface area (Å²) in [5.74, 6) is 0.676. The normalized spacial score (nSPS) is 17.3. The van der Waals surface area contributed by atoms with Crippen molar-refractivity contribution in [1.29, 1.82) is 0 Å². The summed E-state index contributed by atoms with van der Waals surface area (Å²) < 4.78 is 20.2. The number of anilines is 1. The molecule has 2 aromatic carbocycles. The Morgan fingerprint density at radius 1 is 1.03 bits per heavy atom. The number of carbonyl (C=O) groups excluding carboxylic acids is 1. The Labute approximate surface area is 207 Å². The average molecular weight is 487 g/mol. The maximum atomic E-state index is 13.9. The van der Waals surface area contributed by atoms with E-state index in [4.69, 9.17) is 16.6 Å². The summed E-state index contributed by atoms with van der Waals surface area (Å²) in [6.07, 6.45) is 1.85. The summed E-state index contributed by atoms with van der Waals surface area (Å²) in [6.45, 7) is 0.321. The fourth-order valence-electron chi connectivity index (χ4n) is 4.22. The molecule has 2 N–H and O–H groups in total. The molecule has 35 heavy (non-hydrogen) atoms. The van der Waals surface area contributed by atoms with Crippen LogP contribution in [0.4, 0.5) is 10.1 Å². The molecule has 1 aliphatic rings. The zero-order chi connectivity index (χ0) is 24.2. The highest BCUT2D eigenvalue weighted by atomic mass is 32.1. The van der Waals surface area contributed by atoms with E-state index in [1.807, 2.05) is 65.6 Å². The topological polar surface area (TPSA) is 70.4 Å². The smallest absolute Gasteiger partial charge is 0.226 e. The molecule has 0 spiro atoms. The molecule has 5 rings (SSSR count). The van der Waals surface area contributed by atoms with Gasteiger partial charge in [-0.15, -0.1) is 0 Å². The highest BCUT2D eigenvalue weighted by Crippen LogP contribution is 2.40. The zero-order valence-corrected chi connectivity index (χ0v) is 19.5. The molecular weight excluding hydrogens is 463 g/mol. The molecule has 0 aliphatic carbocycles.